The highest BCUT2D eigenvalue weighted by Crippen LogP contribution is 2.23. The summed E-state index contributed by atoms with van der Waals surface area (Å²) in [5, 5.41) is 2.92. The van der Waals surface area contributed by atoms with E-state index in [0.717, 1.165) is 57.2 Å². The fourth-order valence-corrected chi connectivity index (χ4v) is 3.62. The van der Waals surface area contributed by atoms with Crippen molar-refractivity contribution >= 4 is 22.4 Å². The number of likely N-dealkylation sites (tertiary alicyclic amines) is 1. The Kier molecular flexibility index (Phi) is 4.21. The lowest BCUT2D eigenvalue weighted by atomic mass is 10.1. The van der Waals surface area contributed by atoms with Gasteiger partial charge in [0.15, 0.2) is 5.13 Å². The summed E-state index contributed by atoms with van der Waals surface area (Å²) in [5.74, 6) is 0.112. The molecule has 6 heteroatoms. The molecular formula is C14H22N4OS. The largest absolute Gasteiger partial charge is 0.346 e. The van der Waals surface area contributed by atoms with E-state index in [-0.39, 0.29) is 5.91 Å². The molecule has 0 aromatic carbocycles. The van der Waals surface area contributed by atoms with E-state index in [1.54, 1.807) is 11.3 Å². The Morgan fingerprint density at radius 2 is 1.80 bits per heavy atom. The summed E-state index contributed by atoms with van der Waals surface area (Å²) in [7, 11) is 2.14. The molecule has 0 spiro atoms. The van der Waals surface area contributed by atoms with Gasteiger partial charge in [-0.3, -0.25) is 4.79 Å². The van der Waals surface area contributed by atoms with Gasteiger partial charge in [-0.2, -0.15) is 0 Å². The summed E-state index contributed by atoms with van der Waals surface area (Å²) < 4.78 is 0. The molecular weight excluding hydrogens is 272 g/mol. The van der Waals surface area contributed by atoms with Crippen LogP contribution in [0.4, 0.5) is 5.13 Å². The maximum atomic E-state index is 12.4. The third-order valence-corrected chi connectivity index (χ3v) is 5.03. The molecule has 2 saturated heterocycles. The number of piperazine rings is 1. The smallest absolute Gasteiger partial charge is 0.273 e. The standard InChI is InChI=1S/C14H22N4OS/c1-16-7-9-18(10-8-16)14-15-12(11-20-14)13(19)17-5-3-2-4-6-17/h11H,2-10H2,1H3. The Morgan fingerprint density at radius 1 is 1.10 bits per heavy atom. The highest BCUT2D eigenvalue weighted by molar-refractivity contribution is 7.13. The molecule has 0 atom stereocenters. The summed E-state index contributed by atoms with van der Waals surface area (Å²) in [6.07, 6.45) is 3.50. The van der Waals surface area contributed by atoms with Gasteiger partial charge in [-0.05, 0) is 26.3 Å². The van der Waals surface area contributed by atoms with E-state index in [4.69, 9.17) is 0 Å². The number of rotatable bonds is 2. The topological polar surface area (TPSA) is 39.7 Å². The van der Waals surface area contributed by atoms with Crippen LogP contribution in [0.3, 0.4) is 0 Å². The van der Waals surface area contributed by atoms with E-state index < -0.39 is 0 Å². The van der Waals surface area contributed by atoms with Crippen LogP contribution < -0.4 is 4.90 Å². The van der Waals surface area contributed by atoms with Gasteiger partial charge in [0, 0.05) is 44.6 Å². The maximum absolute atomic E-state index is 12.4. The fourth-order valence-electron chi connectivity index (χ4n) is 2.76. The first-order valence-corrected chi connectivity index (χ1v) is 8.30. The minimum Gasteiger partial charge on any atom is -0.346 e. The van der Waals surface area contributed by atoms with Gasteiger partial charge in [0.05, 0.1) is 0 Å². The van der Waals surface area contributed by atoms with Crippen molar-refractivity contribution in [2.45, 2.75) is 19.3 Å². The van der Waals surface area contributed by atoms with E-state index in [9.17, 15) is 4.79 Å². The van der Waals surface area contributed by atoms with Crippen LogP contribution in [0.1, 0.15) is 29.8 Å². The number of hydrogen-bond donors (Lipinski definition) is 0. The first-order chi connectivity index (χ1) is 9.74. The predicted octanol–water partition coefficient (Wildman–Crippen LogP) is 1.52. The second-order valence-corrected chi connectivity index (χ2v) is 6.50. The number of anilines is 1. The van der Waals surface area contributed by atoms with Gasteiger partial charge in [-0.1, -0.05) is 0 Å². The summed E-state index contributed by atoms with van der Waals surface area (Å²) in [6, 6.07) is 0. The Morgan fingerprint density at radius 3 is 2.50 bits per heavy atom. The number of piperidine rings is 1. The van der Waals surface area contributed by atoms with Gasteiger partial charge in [0.25, 0.3) is 5.91 Å². The average molecular weight is 294 g/mol. The van der Waals surface area contributed by atoms with Crippen molar-refractivity contribution in [2.75, 3.05) is 51.2 Å². The van der Waals surface area contributed by atoms with Gasteiger partial charge in [-0.25, -0.2) is 4.98 Å². The lowest BCUT2D eigenvalue weighted by Crippen LogP contribution is -2.44. The molecule has 20 heavy (non-hydrogen) atoms. The molecule has 1 aromatic rings. The molecule has 0 aliphatic carbocycles. The Bertz CT molecular complexity index is 461. The van der Waals surface area contributed by atoms with E-state index in [1.165, 1.54) is 6.42 Å². The van der Waals surface area contributed by atoms with Crippen molar-refractivity contribution in [3.8, 4) is 0 Å². The van der Waals surface area contributed by atoms with E-state index in [0.29, 0.717) is 5.69 Å². The number of carbonyl (C=O) groups is 1. The lowest BCUT2D eigenvalue weighted by molar-refractivity contribution is 0.0719. The monoisotopic (exact) mass is 294 g/mol. The number of carbonyl (C=O) groups excluding carboxylic acids is 1. The van der Waals surface area contributed by atoms with Gasteiger partial charge in [0.2, 0.25) is 0 Å². The molecule has 2 aliphatic heterocycles. The summed E-state index contributed by atoms with van der Waals surface area (Å²) >= 11 is 1.60. The van der Waals surface area contributed by atoms with Crippen molar-refractivity contribution in [3.05, 3.63) is 11.1 Å². The first-order valence-electron chi connectivity index (χ1n) is 7.42. The zero-order chi connectivity index (χ0) is 13.9. The van der Waals surface area contributed by atoms with Crippen LogP contribution in [0.2, 0.25) is 0 Å². The van der Waals surface area contributed by atoms with Gasteiger partial charge in [-0.15, -0.1) is 11.3 Å². The number of thiazole rings is 1. The molecule has 5 nitrogen and oxygen atoms in total. The number of likely N-dealkylation sites (N-methyl/N-ethyl adjacent to an activating group) is 1. The minimum absolute atomic E-state index is 0.112. The minimum atomic E-state index is 0.112. The SMILES string of the molecule is CN1CCN(c2nc(C(=O)N3CCCCC3)cs2)CC1. The van der Waals surface area contributed by atoms with Crippen LogP contribution in [0.5, 0.6) is 0 Å². The third kappa shape index (κ3) is 2.96. The van der Waals surface area contributed by atoms with Crippen molar-refractivity contribution in [1.82, 2.24) is 14.8 Å². The predicted molar refractivity (Wildman–Crippen MR) is 81.6 cm³/mol. The van der Waals surface area contributed by atoms with Crippen molar-refractivity contribution in [2.24, 2.45) is 0 Å². The van der Waals surface area contributed by atoms with Crippen LogP contribution in [0, 0.1) is 0 Å². The zero-order valence-electron chi connectivity index (χ0n) is 12.0. The molecule has 110 valence electrons. The van der Waals surface area contributed by atoms with Crippen LogP contribution >= 0.6 is 11.3 Å². The number of aromatic nitrogens is 1. The van der Waals surface area contributed by atoms with Crippen LogP contribution in [0.25, 0.3) is 0 Å². The zero-order valence-corrected chi connectivity index (χ0v) is 12.9. The van der Waals surface area contributed by atoms with E-state index in [2.05, 4.69) is 21.8 Å². The van der Waals surface area contributed by atoms with Gasteiger partial charge in [0.1, 0.15) is 5.69 Å². The number of hydrogen-bond acceptors (Lipinski definition) is 5. The third-order valence-electron chi connectivity index (χ3n) is 4.13. The first kappa shape index (κ1) is 13.8. The molecule has 3 heterocycles. The summed E-state index contributed by atoms with van der Waals surface area (Å²) in [6.45, 7) is 5.91. The van der Waals surface area contributed by atoms with Crippen molar-refractivity contribution in [1.29, 1.82) is 0 Å². The quantitative estimate of drug-likeness (QED) is 0.829. The molecule has 1 amide bonds. The average Bonchev–Trinajstić information content (AvgIpc) is 2.98. The molecule has 3 rings (SSSR count). The fraction of sp³-hybridized carbons (Fsp3) is 0.714. The molecule has 0 saturated carbocycles. The summed E-state index contributed by atoms with van der Waals surface area (Å²) in [5.41, 5.74) is 0.630. The molecule has 1 aromatic heterocycles. The molecule has 0 radical (unpaired) electrons. The van der Waals surface area contributed by atoms with E-state index >= 15 is 0 Å². The number of nitrogens with zero attached hydrogens (tertiary/aromatic N) is 4. The summed E-state index contributed by atoms with van der Waals surface area (Å²) in [4.78, 5) is 23.5. The van der Waals surface area contributed by atoms with Crippen molar-refractivity contribution in [3.63, 3.8) is 0 Å². The van der Waals surface area contributed by atoms with Crippen LogP contribution in [-0.4, -0.2) is 67.0 Å². The lowest BCUT2D eigenvalue weighted by Gasteiger charge is -2.32. The molecule has 0 bridgehead atoms. The van der Waals surface area contributed by atoms with Crippen molar-refractivity contribution < 1.29 is 4.79 Å². The van der Waals surface area contributed by atoms with Crippen LogP contribution in [-0.2, 0) is 0 Å². The second kappa shape index (κ2) is 6.10. The van der Waals surface area contributed by atoms with Gasteiger partial charge < -0.3 is 14.7 Å². The Hall–Kier alpha value is -1.14. The molecule has 0 unspecified atom stereocenters. The Labute approximate surface area is 124 Å². The van der Waals surface area contributed by atoms with E-state index in [1.807, 2.05) is 10.3 Å². The Balaban J connectivity index is 1.65. The van der Waals surface area contributed by atoms with Gasteiger partial charge >= 0.3 is 0 Å². The normalized spacial score (nSPS) is 21.2. The second-order valence-electron chi connectivity index (χ2n) is 5.66. The van der Waals surface area contributed by atoms with Crippen LogP contribution in [0.15, 0.2) is 5.38 Å². The maximum Gasteiger partial charge on any atom is 0.273 e. The highest BCUT2D eigenvalue weighted by atomic mass is 32.1. The molecule has 2 fully saturated rings. The molecule has 2 aliphatic rings. The number of amides is 1. The highest BCUT2D eigenvalue weighted by Gasteiger charge is 2.23. The molecule has 0 N–H and O–H groups in total.